The molecule has 0 aliphatic carbocycles. The van der Waals surface area contributed by atoms with Crippen LogP contribution in [0.5, 0.6) is 0 Å². The number of carbonyl (C=O) groups is 1. The number of aryl methyl sites for hydroxylation is 2. The molecule has 1 amide bonds. The Hall–Kier alpha value is -2.29. The maximum atomic E-state index is 12.9. The second-order valence-electron chi connectivity index (χ2n) is 9.17. The number of aliphatic hydroxyl groups is 1. The zero-order valence-corrected chi connectivity index (χ0v) is 19.8. The molecular weight excluding hydrogens is 406 g/mol. The molecule has 0 saturated carbocycles. The highest BCUT2D eigenvalue weighted by atomic mass is 16.5. The Morgan fingerprint density at radius 2 is 2.19 bits per heavy atom. The summed E-state index contributed by atoms with van der Waals surface area (Å²) in [7, 11) is 2.09. The van der Waals surface area contributed by atoms with Gasteiger partial charge in [0.15, 0.2) is 0 Å². The molecule has 2 bridgehead atoms. The van der Waals surface area contributed by atoms with Gasteiger partial charge in [-0.15, -0.1) is 5.10 Å². The molecule has 3 rings (SSSR count). The van der Waals surface area contributed by atoms with Crippen molar-refractivity contribution in [2.24, 2.45) is 5.92 Å². The molecule has 8 heteroatoms. The lowest BCUT2D eigenvalue weighted by molar-refractivity contribution is -0.136. The molecule has 0 fully saturated rings. The second kappa shape index (κ2) is 11.5. The summed E-state index contributed by atoms with van der Waals surface area (Å²) in [4.78, 5) is 17.0. The third-order valence-electron chi connectivity index (χ3n) is 6.07. The Morgan fingerprint density at radius 3 is 2.94 bits per heavy atom. The molecule has 8 nitrogen and oxygen atoms in total. The van der Waals surface area contributed by atoms with Gasteiger partial charge in [0.2, 0.25) is 5.91 Å². The molecule has 2 aromatic rings. The third kappa shape index (κ3) is 6.85. The molecular formula is C24H37N5O3. The number of ether oxygens (including phenoxy) is 1. The monoisotopic (exact) mass is 443 g/mol. The minimum absolute atomic E-state index is 0.0523. The quantitative estimate of drug-likeness (QED) is 0.737. The van der Waals surface area contributed by atoms with Crippen LogP contribution in [-0.4, -0.2) is 74.7 Å². The minimum Gasteiger partial charge on any atom is -0.394 e. The van der Waals surface area contributed by atoms with Crippen LogP contribution in [0, 0.1) is 12.8 Å². The van der Waals surface area contributed by atoms with Crippen molar-refractivity contribution >= 4 is 5.91 Å². The summed E-state index contributed by atoms with van der Waals surface area (Å²) in [6.45, 7) is 9.17. The number of aromatic nitrogens is 3. The smallest absolute Gasteiger partial charge is 0.222 e. The average molecular weight is 444 g/mol. The van der Waals surface area contributed by atoms with Crippen molar-refractivity contribution in [3.05, 3.63) is 47.3 Å². The lowest BCUT2D eigenvalue weighted by Crippen LogP contribution is -2.47. The number of fused-ring (bicyclic) bond motifs is 2. The van der Waals surface area contributed by atoms with Crippen molar-refractivity contribution in [1.29, 1.82) is 0 Å². The lowest BCUT2D eigenvalue weighted by atomic mass is 10.0. The van der Waals surface area contributed by atoms with Crippen LogP contribution >= 0.6 is 0 Å². The first-order valence-electron chi connectivity index (χ1n) is 11.5. The number of benzene rings is 1. The molecule has 0 unspecified atom stereocenters. The summed E-state index contributed by atoms with van der Waals surface area (Å²) in [5.74, 6) is 0.147. The van der Waals surface area contributed by atoms with E-state index < -0.39 is 0 Å². The Kier molecular flexibility index (Phi) is 8.78. The van der Waals surface area contributed by atoms with Gasteiger partial charge >= 0.3 is 0 Å². The fourth-order valence-electron chi connectivity index (χ4n) is 4.19. The number of hydrogen-bond acceptors (Lipinski definition) is 6. The Morgan fingerprint density at radius 1 is 1.38 bits per heavy atom. The summed E-state index contributed by atoms with van der Waals surface area (Å²) < 4.78 is 8.11. The van der Waals surface area contributed by atoms with E-state index in [0.29, 0.717) is 32.5 Å². The SMILES string of the molecule is Cc1cccc(CN(C)C[C@H]2OCc3cn(nn3)CCCC(=O)N([C@@H](C)CO)C[C@H]2C)c1. The highest BCUT2D eigenvalue weighted by Gasteiger charge is 2.28. The number of aliphatic hydroxyl groups excluding tert-OH is 1. The first-order chi connectivity index (χ1) is 15.4. The summed E-state index contributed by atoms with van der Waals surface area (Å²) in [5, 5.41) is 18.1. The van der Waals surface area contributed by atoms with E-state index in [-0.39, 0.29) is 30.6 Å². The van der Waals surface area contributed by atoms with Crippen LogP contribution in [0.1, 0.15) is 43.5 Å². The standard InChI is InChI=1S/C24H37N5O3/c1-18-7-5-8-21(11-18)13-27(4)15-23-19(2)12-29(20(3)16-30)24(31)9-6-10-28-14-22(17-32-23)25-26-28/h5,7-8,11,14,19-20,23,30H,6,9-10,12-13,15-17H2,1-4H3/t19-,20+,23-/m1/s1. The highest BCUT2D eigenvalue weighted by Crippen LogP contribution is 2.18. The van der Waals surface area contributed by atoms with Gasteiger partial charge in [0.05, 0.1) is 31.6 Å². The number of nitrogens with zero attached hydrogens (tertiary/aromatic N) is 5. The van der Waals surface area contributed by atoms with Gasteiger partial charge in [0, 0.05) is 38.5 Å². The van der Waals surface area contributed by atoms with Crippen LogP contribution in [0.25, 0.3) is 0 Å². The first kappa shape index (κ1) is 24.4. The van der Waals surface area contributed by atoms with Crippen LogP contribution in [-0.2, 0) is 29.2 Å². The van der Waals surface area contributed by atoms with Crippen LogP contribution in [0.3, 0.4) is 0 Å². The van der Waals surface area contributed by atoms with Crippen LogP contribution < -0.4 is 0 Å². The van der Waals surface area contributed by atoms with Gasteiger partial charge in [-0.05, 0) is 32.9 Å². The van der Waals surface area contributed by atoms with Crippen molar-refractivity contribution in [3.8, 4) is 0 Å². The molecule has 32 heavy (non-hydrogen) atoms. The van der Waals surface area contributed by atoms with Gasteiger partial charge in [-0.1, -0.05) is 42.0 Å². The van der Waals surface area contributed by atoms with Gasteiger partial charge in [-0.2, -0.15) is 0 Å². The third-order valence-corrected chi connectivity index (χ3v) is 6.07. The molecule has 1 aromatic carbocycles. The fraction of sp³-hybridized carbons (Fsp3) is 0.625. The summed E-state index contributed by atoms with van der Waals surface area (Å²) in [6.07, 6.45) is 2.91. The largest absolute Gasteiger partial charge is 0.394 e. The number of rotatable bonds is 6. The van der Waals surface area contributed by atoms with E-state index >= 15 is 0 Å². The van der Waals surface area contributed by atoms with Crippen molar-refractivity contribution in [3.63, 3.8) is 0 Å². The molecule has 176 valence electrons. The zero-order chi connectivity index (χ0) is 23.1. The highest BCUT2D eigenvalue weighted by molar-refractivity contribution is 5.76. The minimum atomic E-state index is -0.224. The van der Waals surface area contributed by atoms with E-state index in [1.807, 2.05) is 18.0 Å². The van der Waals surface area contributed by atoms with Crippen LogP contribution in [0.4, 0.5) is 0 Å². The maximum Gasteiger partial charge on any atom is 0.222 e. The molecule has 3 atom stereocenters. The second-order valence-corrected chi connectivity index (χ2v) is 9.17. The predicted molar refractivity (Wildman–Crippen MR) is 123 cm³/mol. The van der Waals surface area contributed by atoms with Gasteiger partial charge in [0.1, 0.15) is 5.69 Å². The molecule has 1 aliphatic heterocycles. The van der Waals surface area contributed by atoms with E-state index in [9.17, 15) is 9.90 Å². The Balaban J connectivity index is 1.76. The van der Waals surface area contributed by atoms with Gasteiger partial charge in [-0.25, -0.2) is 0 Å². The van der Waals surface area contributed by atoms with Gasteiger partial charge in [0.25, 0.3) is 0 Å². The number of likely N-dealkylation sites (N-methyl/N-ethyl adjacent to an activating group) is 1. The van der Waals surface area contributed by atoms with Crippen molar-refractivity contribution in [2.75, 3.05) is 26.7 Å². The van der Waals surface area contributed by atoms with Crippen molar-refractivity contribution in [1.82, 2.24) is 24.8 Å². The molecule has 1 N–H and O–H groups in total. The topological polar surface area (TPSA) is 83.7 Å². The van der Waals surface area contributed by atoms with E-state index in [0.717, 1.165) is 18.8 Å². The van der Waals surface area contributed by atoms with Gasteiger partial charge < -0.3 is 14.7 Å². The van der Waals surface area contributed by atoms with E-state index in [1.54, 1.807) is 4.68 Å². The molecule has 0 saturated heterocycles. The average Bonchev–Trinajstić information content (AvgIpc) is 3.21. The Labute approximate surface area is 191 Å². The normalized spacial score (nSPS) is 21.7. The van der Waals surface area contributed by atoms with E-state index in [1.165, 1.54) is 11.1 Å². The van der Waals surface area contributed by atoms with E-state index in [4.69, 9.17) is 4.74 Å². The molecule has 0 radical (unpaired) electrons. The maximum absolute atomic E-state index is 12.9. The first-order valence-corrected chi connectivity index (χ1v) is 11.5. The van der Waals surface area contributed by atoms with Crippen molar-refractivity contribution in [2.45, 2.75) is 65.5 Å². The van der Waals surface area contributed by atoms with Gasteiger partial charge in [-0.3, -0.25) is 14.4 Å². The zero-order valence-electron chi connectivity index (χ0n) is 19.8. The molecule has 1 aromatic heterocycles. The number of carbonyl (C=O) groups excluding carboxylic acids is 1. The fourth-order valence-corrected chi connectivity index (χ4v) is 4.19. The molecule has 2 heterocycles. The van der Waals surface area contributed by atoms with E-state index in [2.05, 4.69) is 60.4 Å². The van der Waals surface area contributed by atoms with Crippen LogP contribution in [0.2, 0.25) is 0 Å². The Bertz CT molecular complexity index is 871. The number of amides is 1. The lowest BCUT2D eigenvalue weighted by Gasteiger charge is -2.35. The molecule has 1 aliphatic rings. The van der Waals surface area contributed by atoms with Crippen molar-refractivity contribution < 1.29 is 14.6 Å². The molecule has 0 spiro atoms. The summed E-state index contributed by atoms with van der Waals surface area (Å²) >= 11 is 0. The predicted octanol–water partition coefficient (Wildman–Crippen LogP) is 2.24. The summed E-state index contributed by atoms with van der Waals surface area (Å²) in [6, 6.07) is 8.30. The van der Waals surface area contributed by atoms with Crippen LogP contribution in [0.15, 0.2) is 30.5 Å². The summed E-state index contributed by atoms with van der Waals surface area (Å²) in [5.41, 5.74) is 3.31. The number of hydrogen-bond donors (Lipinski definition) is 1.